The van der Waals surface area contributed by atoms with Crippen LogP contribution in [0.4, 0.5) is 0 Å². The summed E-state index contributed by atoms with van der Waals surface area (Å²) in [5.74, 6) is 0. The molecule has 0 spiro atoms. The van der Waals surface area contributed by atoms with Crippen molar-refractivity contribution < 1.29 is 5.11 Å². The zero-order chi connectivity index (χ0) is 10.1. The highest BCUT2D eigenvalue weighted by atomic mass is 16.3. The van der Waals surface area contributed by atoms with E-state index in [4.69, 9.17) is 5.73 Å². The first kappa shape index (κ1) is 11.0. The highest BCUT2D eigenvalue weighted by Gasteiger charge is 2.34. The van der Waals surface area contributed by atoms with Gasteiger partial charge in [-0.15, -0.1) is 0 Å². The molecule has 1 fully saturated rings. The van der Waals surface area contributed by atoms with Gasteiger partial charge in [-0.2, -0.15) is 0 Å². The van der Waals surface area contributed by atoms with Gasteiger partial charge in [0.2, 0.25) is 0 Å². The third kappa shape index (κ3) is 2.66. The number of rotatable bonds is 3. The highest BCUT2D eigenvalue weighted by molar-refractivity contribution is 4.89. The molecule has 0 aliphatic carbocycles. The van der Waals surface area contributed by atoms with E-state index in [0.29, 0.717) is 5.41 Å². The highest BCUT2D eigenvalue weighted by Crippen LogP contribution is 2.30. The normalized spacial score (nSPS) is 27.5. The molecule has 1 aliphatic rings. The lowest BCUT2D eigenvalue weighted by Crippen LogP contribution is -2.48. The number of hydrogen-bond donors (Lipinski definition) is 2. The second kappa shape index (κ2) is 3.95. The van der Waals surface area contributed by atoms with Gasteiger partial charge in [-0.1, -0.05) is 13.8 Å². The van der Waals surface area contributed by atoms with E-state index in [0.717, 1.165) is 13.1 Å². The van der Waals surface area contributed by atoms with Gasteiger partial charge >= 0.3 is 0 Å². The first-order valence-corrected chi connectivity index (χ1v) is 5.07. The van der Waals surface area contributed by atoms with Crippen LogP contribution in [0.2, 0.25) is 0 Å². The first-order chi connectivity index (χ1) is 5.96. The predicted octanol–water partition coefficient (Wildman–Crippen LogP) is 0.426. The van der Waals surface area contributed by atoms with Gasteiger partial charge in [0.15, 0.2) is 0 Å². The van der Waals surface area contributed by atoms with Crippen molar-refractivity contribution in [2.45, 2.75) is 39.3 Å². The van der Waals surface area contributed by atoms with Gasteiger partial charge < -0.3 is 10.8 Å². The molecule has 0 radical (unpaired) electrons. The maximum atomic E-state index is 9.21. The number of hydrogen-bond acceptors (Lipinski definition) is 3. The van der Waals surface area contributed by atoms with Crippen LogP contribution in [0, 0.1) is 5.41 Å². The third-order valence-electron chi connectivity index (χ3n) is 2.97. The number of aliphatic hydroxyl groups is 1. The molecule has 0 saturated carbocycles. The van der Waals surface area contributed by atoms with Crippen molar-refractivity contribution in [3.63, 3.8) is 0 Å². The fourth-order valence-corrected chi connectivity index (χ4v) is 2.05. The summed E-state index contributed by atoms with van der Waals surface area (Å²) in [5, 5.41) is 9.21. The molecule has 2 unspecified atom stereocenters. The summed E-state index contributed by atoms with van der Waals surface area (Å²) in [6, 6.07) is 0.195. The van der Waals surface area contributed by atoms with Crippen LogP contribution in [0.5, 0.6) is 0 Å². The lowest BCUT2D eigenvalue weighted by atomic mass is 9.93. The van der Waals surface area contributed by atoms with Crippen molar-refractivity contribution in [1.29, 1.82) is 0 Å². The number of aliphatic hydroxyl groups excluding tert-OH is 1. The molecule has 2 atom stereocenters. The van der Waals surface area contributed by atoms with Gasteiger partial charge in [-0.05, 0) is 25.3 Å². The van der Waals surface area contributed by atoms with Crippen LogP contribution in [-0.2, 0) is 0 Å². The summed E-state index contributed by atoms with van der Waals surface area (Å²) in [7, 11) is 0. The maximum Gasteiger partial charge on any atom is 0.0601 e. The molecule has 0 aromatic rings. The Hall–Kier alpha value is -0.120. The van der Waals surface area contributed by atoms with Crippen molar-refractivity contribution in [3.05, 3.63) is 0 Å². The van der Waals surface area contributed by atoms with E-state index < -0.39 is 0 Å². The summed E-state index contributed by atoms with van der Waals surface area (Å²) < 4.78 is 0. The largest absolute Gasteiger partial charge is 0.395 e. The van der Waals surface area contributed by atoms with Crippen molar-refractivity contribution in [1.82, 2.24) is 4.90 Å². The van der Waals surface area contributed by atoms with Crippen molar-refractivity contribution in [2.24, 2.45) is 11.1 Å². The summed E-state index contributed by atoms with van der Waals surface area (Å²) >= 11 is 0. The van der Waals surface area contributed by atoms with Crippen LogP contribution in [0.1, 0.15) is 27.2 Å². The molecule has 1 saturated heterocycles. The summed E-state index contributed by atoms with van der Waals surface area (Å²) in [4.78, 5) is 2.31. The zero-order valence-corrected chi connectivity index (χ0v) is 8.95. The monoisotopic (exact) mass is 186 g/mol. The van der Waals surface area contributed by atoms with Crippen LogP contribution in [0.15, 0.2) is 0 Å². The second-order valence-corrected chi connectivity index (χ2v) is 4.99. The minimum atomic E-state index is 0.0545. The van der Waals surface area contributed by atoms with Crippen molar-refractivity contribution in [2.75, 3.05) is 19.7 Å². The van der Waals surface area contributed by atoms with E-state index in [1.165, 1.54) is 6.42 Å². The summed E-state index contributed by atoms with van der Waals surface area (Å²) in [6.45, 7) is 8.80. The first-order valence-electron chi connectivity index (χ1n) is 5.07. The van der Waals surface area contributed by atoms with Gasteiger partial charge in [0.1, 0.15) is 0 Å². The molecule has 0 bridgehead atoms. The minimum absolute atomic E-state index is 0.0545. The average Bonchev–Trinajstić information content (AvgIpc) is 2.31. The van der Waals surface area contributed by atoms with E-state index in [1.54, 1.807) is 0 Å². The Morgan fingerprint density at radius 1 is 1.54 bits per heavy atom. The zero-order valence-electron chi connectivity index (χ0n) is 8.95. The van der Waals surface area contributed by atoms with Crippen LogP contribution in [0.25, 0.3) is 0 Å². The van der Waals surface area contributed by atoms with Gasteiger partial charge in [0, 0.05) is 18.6 Å². The Bertz CT molecular complexity index is 168. The molecule has 3 N–H and O–H groups in total. The molecule has 0 amide bonds. The summed E-state index contributed by atoms with van der Waals surface area (Å²) in [6.07, 6.45) is 1.20. The van der Waals surface area contributed by atoms with Gasteiger partial charge in [-0.3, -0.25) is 4.90 Å². The van der Waals surface area contributed by atoms with Crippen LogP contribution in [0.3, 0.4) is 0 Å². The molecule has 0 aromatic carbocycles. The maximum absolute atomic E-state index is 9.21. The lowest BCUT2D eigenvalue weighted by molar-refractivity contribution is 0.120. The van der Waals surface area contributed by atoms with E-state index in [1.807, 2.05) is 6.92 Å². The van der Waals surface area contributed by atoms with E-state index >= 15 is 0 Å². The topological polar surface area (TPSA) is 49.5 Å². The Morgan fingerprint density at radius 3 is 2.46 bits per heavy atom. The standard InChI is InChI=1S/C10H22N2O/c1-8(11)9(6-13)12-5-4-10(2,3)7-12/h8-9,13H,4-7,11H2,1-3H3. The quantitative estimate of drug-likeness (QED) is 0.672. The minimum Gasteiger partial charge on any atom is -0.395 e. The SMILES string of the molecule is CC(N)C(CO)N1CCC(C)(C)C1. The van der Waals surface area contributed by atoms with Gasteiger partial charge in [0.25, 0.3) is 0 Å². The van der Waals surface area contributed by atoms with Crippen molar-refractivity contribution >= 4 is 0 Å². The lowest BCUT2D eigenvalue weighted by Gasteiger charge is -2.30. The van der Waals surface area contributed by atoms with Gasteiger partial charge in [-0.25, -0.2) is 0 Å². The molecule has 3 heteroatoms. The fraction of sp³-hybridized carbons (Fsp3) is 1.00. The Morgan fingerprint density at radius 2 is 2.15 bits per heavy atom. The van der Waals surface area contributed by atoms with Crippen LogP contribution in [-0.4, -0.2) is 41.8 Å². The van der Waals surface area contributed by atoms with E-state index in [9.17, 15) is 5.11 Å². The van der Waals surface area contributed by atoms with Crippen molar-refractivity contribution in [3.8, 4) is 0 Å². The average molecular weight is 186 g/mol. The van der Waals surface area contributed by atoms with Gasteiger partial charge in [0.05, 0.1) is 6.61 Å². The molecule has 3 nitrogen and oxygen atoms in total. The molecule has 1 aliphatic heterocycles. The molecule has 1 heterocycles. The number of nitrogens with zero attached hydrogens (tertiary/aromatic N) is 1. The summed E-state index contributed by atoms with van der Waals surface area (Å²) in [5.41, 5.74) is 6.21. The van der Waals surface area contributed by atoms with E-state index in [-0.39, 0.29) is 18.7 Å². The fourth-order valence-electron chi connectivity index (χ4n) is 2.05. The Kier molecular flexibility index (Phi) is 3.33. The molecule has 78 valence electrons. The second-order valence-electron chi connectivity index (χ2n) is 4.99. The number of likely N-dealkylation sites (tertiary alicyclic amines) is 1. The molecular weight excluding hydrogens is 164 g/mol. The predicted molar refractivity (Wildman–Crippen MR) is 54.5 cm³/mol. The smallest absolute Gasteiger partial charge is 0.0601 e. The Labute approximate surface area is 80.9 Å². The van der Waals surface area contributed by atoms with Crippen LogP contribution < -0.4 is 5.73 Å². The van der Waals surface area contributed by atoms with Crippen LogP contribution >= 0.6 is 0 Å². The molecule has 0 aromatic heterocycles. The third-order valence-corrected chi connectivity index (χ3v) is 2.97. The Balaban J connectivity index is 2.53. The molecular formula is C10H22N2O. The number of nitrogens with two attached hydrogens (primary N) is 1. The van der Waals surface area contributed by atoms with E-state index in [2.05, 4.69) is 18.7 Å². The molecule has 1 rings (SSSR count). The molecule has 13 heavy (non-hydrogen) atoms.